The molecule has 0 fully saturated rings. The van der Waals surface area contributed by atoms with E-state index in [1.165, 1.54) is 6.07 Å². The highest BCUT2D eigenvalue weighted by Crippen LogP contribution is 2.21. The van der Waals surface area contributed by atoms with E-state index in [1.807, 2.05) is 12.2 Å². The Morgan fingerprint density at radius 2 is 2.24 bits per heavy atom. The molecule has 1 aromatic rings. The summed E-state index contributed by atoms with van der Waals surface area (Å²) >= 11 is 5.93. The van der Waals surface area contributed by atoms with Crippen molar-refractivity contribution >= 4 is 11.6 Å². The van der Waals surface area contributed by atoms with Gasteiger partial charge in [0.2, 0.25) is 0 Å². The quantitative estimate of drug-likeness (QED) is 0.811. The van der Waals surface area contributed by atoms with E-state index < -0.39 is 0 Å². The highest BCUT2D eigenvalue weighted by molar-refractivity contribution is 6.31. The maximum atomic E-state index is 13.5. The van der Waals surface area contributed by atoms with E-state index >= 15 is 0 Å². The Labute approximate surface area is 105 Å². The van der Waals surface area contributed by atoms with Gasteiger partial charge >= 0.3 is 0 Å². The van der Waals surface area contributed by atoms with Crippen LogP contribution in [0.3, 0.4) is 0 Å². The van der Waals surface area contributed by atoms with E-state index in [9.17, 15) is 4.39 Å². The van der Waals surface area contributed by atoms with Gasteiger partial charge in [-0.25, -0.2) is 4.39 Å². The van der Waals surface area contributed by atoms with E-state index in [4.69, 9.17) is 16.7 Å². The van der Waals surface area contributed by atoms with Crippen LogP contribution < -0.4 is 5.32 Å². The molecule has 92 valence electrons. The molecule has 1 aliphatic rings. The molecule has 17 heavy (non-hydrogen) atoms. The predicted molar refractivity (Wildman–Crippen MR) is 66.4 cm³/mol. The molecule has 0 aromatic heterocycles. The Kier molecular flexibility index (Phi) is 4.15. The van der Waals surface area contributed by atoms with Crippen molar-refractivity contribution in [1.29, 1.82) is 0 Å². The molecule has 0 bridgehead atoms. The predicted octanol–water partition coefficient (Wildman–Crippen LogP) is 2.51. The Hall–Kier alpha value is -0.900. The molecule has 1 aliphatic carbocycles. The lowest BCUT2D eigenvalue weighted by atomic mass is 10.1. The third-order valence-electron chi connectivity index (χ3n) is 3.01. The van der Waals surface area contributed by atoms with Crippen molar-refractivity contribution in [3.05, 3.63) is 46.8 Å². The summed E-state index contributed by atoms with van der Waals surface area (Å²) in [5.41, 5.74) is 0.495. The highest BCUT2D eigenvalue weighted by Gasteiger charge is 2.18. The van der Waals surface area contributed by atoms with Crippen LogP contribution in [0.2, 0.25) is 5.02 Å². The molecule has 0 amide bonds. The molecule has 2 nitrogen and oxygen atoms in total. The summed E-state index contributed by atoms with van der Waals surface area (Å²) in [5, 5.41) is 12.7. The van der Waals surface area contributed by atoms with Crippen molar-refractivity contribution in [2.45, 2.75) is 19.0 Å². The Morgan fingerprint density at radius 3 is 2.88 bits per heavy atom. The summed E-state index contributed by atoms with van der Waals surface area (Å²) in [6.45, 7) is 0.563. The lowest BCUT2D eigenvalue weighted by Gasteiger charge is -2.13. The smallest absolute Gasteiger partial charge is 0.129 e. The monoisotopic (exact) mass is 255 g/mol. The standard InChI is InChI=1S/C13H15ClFNO/c14-12-2-1-3-13(15)11(12)7-16-10-5-4-9(6-10)8-17/h1-5,9-10,16-17H,6-8H2/t9-,10+/m0/s1. The van der Waals surface area contributed by atoms with Crippen LogP contribution in [0.5, 0.6) is 0 Å². The molecule has 4 heteroatoms. The second-order valence-corrected chi connectivity index (χ2v) is 4.66. The molecule has 1 aromatic carbocycles. The second kappa shape index (κ2) is 5.63. The molecular weight excluding hydrogens is 241 g/mol. The highest BCUT2D eigenvalue weighted by atomic mass is 35.5. The minimum absolute atomic E-state index is 0.162. The van der Waals surface area contributed by atoms with Gasteiger partial charge in [0, 0.05) is 35.7 Å². The molecule has 2 rings (SSSR count). The van der Waals surface area contributed by atoms with Gasteiger partial charge in [-0.05, 0) is 18.6 Å². The van der Waals surface area contributed by atoms with Crippen molar-refractivity contribution in [2.24, 2.45) is 5.92 Å². The van der Waals surface area contributed by atoms with Gasteiger partial charge in [-0.15, -0.1) is 0 Å². The maximum absolute atomic E-state index is 13.5. The number of rotatable bonds is 4. The molecular formula is C13H15ClFNO. The molecule has 0 unspecified atom stereocenters. The second-order valence-electron chi connectivity index (χ2n) is 4.25. The lowest BCUT2D eigenvalue weighted by Crippen LogP contribution is -2.26. The summed E-state index contributed by atoms with van der Waals surface area (Å²) in [7, 11) is 0. The van der Waals surface area contributed by atoms with Crippen LogP contribution in [0.15, 0.2) is 30.4 Å². The first kappa shape index (κ1) is 12.6. The molecule has 0 heterocycles. The van der Waals surface area contributed by atoms with Crippen molar-refractivity contribution < 1.29 is 9.50 Å². The van der Waals surface area contributed by atoms with Gasteiger partial charge in [0.1, 0.15) is 5.82 Å². The molecule has 0 radical (unpaired) electrons. The number of benzene rings is 1. The van der Waals surface area contributed by atoms with Crippen LogP contribution in [0.25, 0.3) is 0 Å². The van der Waals surface area contributed by atoms with Crippen LogP contribution in [-0.4, -0.2) is 17.8 Å². The Bertz CT molecular complexity index is 402. The van der Waals surface area contributed by atoms with Gasteiger partial charge in [-0.1, -0.05) is 29.8 Å². The number of aliphatic hydroxyl groups excluding tert-OH is 1. The first-order chi connectivity index (χ1) is 8.20. The molecule has 0 aliphatic heterocycles. The molecule has 0 saturated carbocycles. The van der Waals surface area contributed by atoms with Gasteiger partial charge in [0.25, 0.3) is 0 Å². The topological polar surface area (TPSA) is 32.3 Å². The number of aliphatic hydroxyl groups is 1. The van der Waals surface area contributed by atoms with Crippen molar-refractivity contribution in [2.75, 3.05) is 6.61 Å². The van der Waals surface area contributed by atoms with Crippen LogP contribution in [0.4, 0.5) is 4.39 Å². The maximum Gasteiger partial charge on any atom is 0.129 e. The first-order valence-electron chi connectivity index (χ1n) is 5.66. The van der Waals surface area contributed by atoms with Gasteiger partial charge in [-0.2, -0.15) is 0 Å². The summed E-state index contributed by atoms with van der Waals surface area (Å²) in [4.78, 5) is 0. The Morgan fingerprint density at radius 1 is 1.41 bits per heavy atom. The van der Waals surface area contributed by atoms with Crippen LogP contribution in [0, 0.1) is 11.7 Å². The average Bonchev–Trinajstić information content (AvgIpc) is 2.76. The fourth-order valence-electron chi connectivity index (χ4n) is 2.00. The fraction of sp³-hybridized carbons (Fsp3) is 0.385. The number of hydrogen-bond donors (Lipinski definition) is 2. The molecule has 0 spiro atoms. The normalized spacial score (nSPS) is 23.2. The van der Waals surface area contributed by atoms with E-state index in [1.54, 1.807) is 12.1 Å². The van der Waals surface area contributed by atoms with Gasteiger partial charge < -0.3 is 10.4 Å². The third-order valence-corrected chi connectivity index (χ3v) is 3.36. The third kappa shape index (κ3) is 3.06. The lowest BCUT2D eigenvalue weighted by molar-refractivity contribution is 0.246. The minimum atomic E-state index is -0.286. The number of hydrogen-bond acceptors (Lipinski definition) is 2. The van der Waals surface area contributed by atoms with Crippen molar-refractivity contribution in [3.8, 4) is 0 Å². The van der Waals surface area contributed by atoms with Crippen molar-refractivity contribution in [1.82, 2.24) is 5.32 Å². The summed E-state index contributed by atoms with van der Waals surface area (Å²) in [5.74, 6) is -0.0747. The van der Waals surface area contributed by atoms with Gasteiger partial charge in [0.15, 0.2) is 0 Å². The van der Waals surface area contributed by atoms with Crippen LogP contribution >= 0.6 is 11.6 Å². The molecule has 2 atom stereocenters. The van der Waals surface area contributed by atoms with Crippen molar-refractivity contribution in [3.63, 3.8) is 0 Å². The minimum Gasteiger partial charge on any atom is -0.396 e. The van der Waals surface area contributed by atoms with Crippen LogP contribution in [0.1, 0.15) is 12.0 Å². The number of nitrogens with one attached hydrogen (secondary N) is 1. The fourth-order valence-corrected chi connectivity index (χ4v) is 2.23. The summed E-state index contributed by atoms with van der Waals surface area (Å²) in [6, 6.07) is 4.87. The summed E-state index contributed by atoms with van der Waals surface area (Å²) < 4.78 is 13.5. The van der Waals surface area contributed by atoms with Gasteiger partial charge in [0.05, 0.1) is 0 Å². The Balaban J connectivity index is 1.93. The van der Waals surface area contributed by atoms with E-state index in [0.29, 0.717) is 17.1 Å². The molecule has 2 N–H and O–H groups in total. The zero-order valence-corrected chi connectivity index (χ0v) is 10.1. The van der Waals surface area contributed by atoms with E-state index in [2.05, 4.69) is 5.32 Å². The van der Waals surface area contributed by atoms with Crippen LogP contribution in [-0.2, 0) is 6.54 Å². The number of halogens is 2. The van der Waals surface area contributed by atoms with Gasteiger partial charge in [-0.3, -0.25) is 0 Å². The SMILES string of the molecule is OC[C@H]1C=C[C@@H](NCc2c(F)cccc2Cl)C1. The zero-order valence-electron chi connectivity index (χ0n) is 9.37. The molecule has 0 saturated heterocycles. The largest absolute Gasteiger partial charge is 0.396 e. The summed E-state index contributed by atoms with van der Waals surface area (Å²) in [6.07, 6.45) is 4.85. The van der Waals surface area contributed by atoms with E-state index in [0.717, 1.165) is 6.42 Å². The first-order valence-corrected chi connectivity index (χ1v) is 6.04. The zero-order chi connectivity index (χ0) is 12.3. The average molecular weight is 256 g/mol. The van der Waals surface area contributed by atoms with E-state index in [-0.39, 0.29) is 24.4 Å².